The molecule has 4 rings (SSSR count). The van der Waals surface area contributed by atoms with Gasteiger partial charge in [0.05, 0.1) is 16.3 Å². The number of anilines is 1. The summed E-state index contributed by atoms with van der Waals surface area (Å²) in [7, 11) is 0. The van der Waals surface area contributed by atoms with Crippen molar-refractivity contribution in [2.75, 3.05) is 11.7 Å². The first kappa shape index (κ1) is 20.0. The van der Waals surface area contributed by atoms with Crippen LogP contribution >= 0.6 is 15.9 Å². The van der Waals surface area contributed by atoms with Crippen LogP contribution in [-0.4, -0.2) is 30.7 Å². The molecule has 0 bridgehead atoms. The van der Waals surface area contributed by atoms with Crippen molar-refractivity contribution < 1.29 is 28.6 Å². The standard InChI is InChI=1S/C21H17BrN2O6/c1-11(2)30-16-5-3-12(8-15(16)22)7-14-19(25)23-21(27)24(20(14)26)13-4-6-17-18(9-13)29-10-28-17/h3-9,11H,10H2,1-2H3,(H,23,25,27)/b14-7+. The number of nitrogens with one attached hydrogen (secondary N) is 1. The summed E-state index contributed by atoms with van der Waals surface area (Å²) in [4.78, 5) is 38.6. The van der Waals surface area contributed by atoms with Gasteiger partial charge in [0.25, 0.3) is 11.8 Å². The molecule has 8 nitrogen and oxygen atoms in total. The molecule has 2 aliphatic rings. The normalized spacial score (nSPS) is 17.0. The zero-order valence-electron chi connectivity index (χ0n) is 16.1. The summed E-state index contributed by atoms with van der Waals surface area (Å²) in [6.07, 6.45) is 1.42. The van der Waals surface area contributed by atoms with Crippen LogP contribution in [0.4, 0.5) is 10.5 Å². The molecule has 0 atom stereocenters. The zero-order chi connectivity index (χ0) is 21.4. The fourth-order valence-electron chi connectivity index (χ4n) is 3.04. The zero-order valence-corrected chi connectivity index (χ0v) is 17.7. The van der Waals surface area contributed by atoms with E-state index in [0.29, 0.717) is 27.3 Å². The third kappa shape index (κ3) is 3.76. The summed E-state index contributed by atoms with van der Waals surface area (Å²) in [6, 6.07) is 9.02. The fraction of sp³-hybridized carbons (Fsp3) is 0.190. The topological polar surface area (TPSA) is 94.2 Å². The largest absolute Gasteiger partial charge is 0.490 e. The van der Waals surface area contributed by atoms with Crippen LogP contribution in [0.5, 0.6) is 17.2 Å². The van der Waals surface area contributed by atoms with E-state index in [4.69, 9.17) is 14.2 Å². The number of halogens is 1. The molecule has 154 valence electrons. The average molecular weight is 473 g/mol. The summed E-state index contributed by atoms with van der Waals surface area (Å²) < 4.78 is 16.9. The van der Waals surface area contributed by atoms with E-state index in [2.05, 4.69) is 21.2 Å². The third-order valence-electron chi connectivity index (χ3n) is 4.35. The lowest BCUT2D eigenvalue weighted by atomic mass is 10.1. The lowest BCUT2D eigenvalue weighted by molar-refractivity contribution is -0.122. The number of fused-ring (bicyclic) bond motifs is 1. The second-order valence-corrected chi connectivity index (χ2v) is 7.71. The molecule has 1 N–H and O–H groups in total. The van der Waals surface area contributed by atoms with E-state index >= 15 is 0 Å². The van der Waals surface area contributed by atoms with Gasteiger partial charge < -0.3 is 14.2 Å². The van der Waals surface area contributed by atoms with Crippen molar-refractivity contribution in [2.45, 2.75) is 20.0 Å². The first-order valence-corrected chi connectivity index (χ1v) is 9.90. The van der Waals surface area contributed by atoms with Crippen molar-refractivity contribution in [3.05, 3.63) is 52.0 Å². The maximum absolute atomic E-state index is 13.0. The van der Waals surface area contributed by atoms with Gasteiger partial charge in [0, 0.05) is 6.07 Å². The number of rotatable bonds is 4. The molecule has 2 aliphatic heterocycles. The quantitative estimate of drug-likeness (QED) is 0.539. The minimum absolute atomic E-state index is 0.00234. The van der Waals surface area contributed by atoms with Crippen LogP contribution in [0.2, 0.25) is 0 Å². The number of hydrogen-bond donors (Lipinski definition) is 1. The highest BCUT2D eigenvalue weighted by Crippen LogP contribution is 2.36. The van der Waals surface area contributed by atoms with Gasteiger partial charge >= 0.3 is 6.03 Å². The predicted molar refractivity (Wildman–Crippen MR) is 111 cm³/mol. The van der Waals surface area contributed by atoms with Crippen LogP contribution in [0, 0.1) is 0 Å². The summed E-state index contributed by atoms with van der Waals surface area (Å²) in [5.74, 6) is 0.0785. The Morgan fingerprint density at radius 1 is 1.10 bits per heavy atom. The van der Waals surface area contributed by atoms with Gasteiger partial charge in [-0.1, -0.05) is 6.07 Å². The third-order valence-corrected chi connectivity index (χ3v) is 4.97. The van der Waals surface area contributed by atoms with E-state index in [1.54, 1.807) is 30.3 Å². The first-order chi connectivity index (χ1) is 14.3. The average Bonchev–Trinajstić information content (AvgIpc) is 3.14. The van der Waals surface area contributed by atoms with Crippen molar-refractivity contribution in [1.82, 2.24) is 5.32 Å². The smallest absolute Gasteiger partial charge is 0.335 e. The number of benzene rings is 2. The summed E-state index contributed by atoms with van der Waals surface area (Å²) in [5, 5.41) is 2.20. The highest BCUT2D eigenvalue weighted by Gasteiger charge is 2.37. The molecule has 0 spiro atoms. The maximum atomic E-state index is 13.0. The van der Waals surface area contributed by atoms with Crippen LogP contribution in [-0.2, 0) is 9.59 Å². The maximum Gasteiger partial charge on any atom is 0.335 e. The van der Waals surface area contributed by atoms with Crippen LogP contribution < -0.4 is 24.4 Å². The minimum Gasteiger partial charge on any atom is -0.490 e. The number of ether oxygens (including phenoxy) is 3. The van der Waals surface area contributed by atoms with Crippen molar-refractivity contribution >= 4 is 45.5 Å². The van der Waals surface area contributed by atoms with Gasteiger partial charge in [0.1, 0.15) is 11.3 Å². The first-order valence-electron chi connectivity index (χ1n) is 9.11. The summed E-state index contributed by atoms with van der Waals surface area (Å²) >= 11 is 3.43. The number of barbiturate groups is 1. The number of carbonyl (C=O) groups is 3. The Balaban J connectivity index is 1.66. The van der Waals surface area contributed by atoms with E-state index in [-0.39, 0.29) is 24.2 Å². The van der Waals surface area contributed by atoms with E-state index in [0.717, 1.165) is 4.90 Å². The van der Waals surface area contributed by atoms with Crippen LogP contribution in [0.15, 0.2) is 46.4 Å². The lowest BCUT2D eigenvalue weighted by Crippen LogP contribution is -2.54. The van der Waals surface area contributed by atoms with Gasteiger partial charge in [-0.05, 0) is 65.7 Å². The lowest BCUT2D eigenvalue weighted by Gasteiger charge is -2.26. The van der Waals surface area contributed by atoms with Gasteiger partial charge in [-0.2, -0.15) is 0 Å². The van der Waals surface area contributed by atoms with Crippen molar-refractivity contribution in [3.63, 3.8) is 0 Å². The van der Waals surface area contributed by atoms with Gasteiger partial charge in [-0.3, -0.25) is 14.9 Å². The molecule has 0 radical (unpaired) electrons. The molecule has 1 saturated heterocycles. The van der Waals surface area contributed by atoms with Crippen LogP contribution in [0.1, 0.15) is 19.4 Å². The number of carbonyl (C=O) groups excluding carboxylic acids is 3. The SMILES string of the molecule is CC(C)Oc1ccc(/C=C2\C(=O)NC(=O)N(c3ccc4c(c3)OCO4)C2=O)cc1Br. The van der Waals surface area contributed by atoms with E-state index in [1.165, 1.54) is 12.1 Å². The molecule has 2 aromatic rings. The monoisotopic (exact) mass is 472 g/mol. The van der Waals surface area contributed by atoms with E-state index in [9.17, 15) is 14.4 Å². The molecule has 0 aliphatic carbocycles. The Kier molecular flexibility index (Phi) is 5.21. The molecule has 0 saturated carbocycles. The minimum atomic E-state index is -0.831. The number of hydrogen-bond acceptors (Lipinski definition) is 6. The van der Waals surface area contributed by atoms with Crippen molar-refractivity contribution in [3.8, 4) is 17.2 Å². The summed E-state index contributed by atoms with van der Waals surface area (Å²) in [6.45, 7) is 3.89. The van der Waals surface area contributed by atoms with Crippen molar-refractivity contribution in [1.29, 1.82) is 0 Å². The second-order valence-electron chi connectivity index (χ2n) is 6.85. The van der Waals surface area contributed by atoms with Gasteiger partial charge in [0.2, 0.25) is 6.79 Å². The molecule has 9 heteroatoms. The Morgan fingerprint density at radius 3 is 2.60 bits per heavy atom. The molecule has 0 unspecified atom stereocenters. The van der Waals surface area contributed by atoms with Crippen LogP contribution in [0.3, 0.4) is 0 Å². The van der Waals surface area contributed by atoms with Crippen molar-refractivity contribution in [2.24, 2.45) is 0 Å². The second kappa shape index (κ2) is 7.83. The Hall–Kier alpha value is -3.33. The number of urea groups is 1. The predicted octanol–water partition coefficient (Wildman–Crippen LogP) is 3.63. The van der Waals surface area contributed by atoms with Gasteiger partial charge in [-0.25, -0.2) is 9.69 Å². The summed E-state index contributed by atoms with van der Waals surface area (Å²) in [5.41, 5.74) is 0.690. The fourth-order valence-corrected chi connectivity index (χ4v) is 3.53. The van der Waals surface area contributed by atoms with Crippen LogP contribution in [0.25, 0.3) is 6.08 Å². The highest BCUT2D eigenvalue weighted by molar-refractivity contribution is 9.10. The van der Waals surface area contributed by atoms with E-state index in [1.807, 2.05) is 13.8 Å². The number of nitrogens with zero attached hydrogens (tertiary/aromatic N) is 1. The van der Waals surface area contributed by atoms with E-state index < -0.39 is 17.8 Å². The Labute approximate surface area is 180 Å². The van der Waals surface area contributed by atoms with Gasteiger partial charge in [-0.15, -0.1) is 0 Å². The molecule has 2 aromatic carbocycles. The molecule has 1 fully saturated rings. The highest BCUT2D eigenvalue weighted by atomic mass is 79.9. The molecule has 2 heterocycles. The van der Waals surface area contributed by atoms with Gasteiger partial charge in [0.15, 0.2) is 11.5 Å². The number of imide groups is 2. The Morgan fingerprint density at radius 2 is 1.87 bits per heavy atom. The Bertz CT molecular complexity index is 1090. The molecule has 0 aromatic heterocycles. The molecule has 4 amide bonds. The molecule has 30 heavy (non-hydrogen) atoms. The molecular weight excluding hydrogens is 456 g/mol. The molecular formula is C21H17BrN2O6. The number of amides is 4.